The normalized spacial score (nSPS) is 20.3. The number of halogens is 1. The van der Waals surface area contributed by atoms with Gasteiger partial charge in [0.15, 0.2) is 19.9 Å². The summed E-state index contributed by atoms with van der Waals surface area (Å²) in [5, 5.41) is 18.7. The number of hydrogen-bond acceptors (Lipinski definition) is 5. The van der Waals surface area contributed by atoms with Gasteiger partial charge in [-0.25, -0.2) is 18.5 Å². The molecular weight excluding hydrogens is 439 g/mol. The molecule has 1 spiro atoms. The van der Waals surface area contributed by atoms with Crippen LogP contribution >= 0.6 is 11.3 Å². The minimum Gasteiger partial charge on any atom is -0.385 e. The highest BCUT2D eigenvalue weighted by Crippen LogP contribution is 2.58. The van der Waals surface area contributed by atoms with Crippen LogP contribution in [0.1, 0.15) is 66.9 Å². The van der Waals surface area contributed by atoms with E-state index in [-0.39, 0.29) is 14.5 Å². The molecule has 7 nitrogen and oxygen atoms in total. The van der Waals surface area contributed by atoms with Crippen LogP contribution in [0.4, 0.5) is 14.9 Å². The first kappa shape index (κ1) is 21.0. The lowest BCUT2D eigenvalue weighted by molar-refractivity contribution is 0.0823. The van der Waals surface area contributed by atoms with Gasteiger partial charge in [-0.3, -0.25) is 4.98 Å². The van der Waals surface area contributed by atoms with Crippen molar-refractivity contribution in [2.24, 2.45) is 9.50 Å². The molecule has 31 heavy (non-hydrogen) atoms. The van der Waals surface area contributed by atoms with E-state index in [4.69, 9.17) is 10.1 Å². The van der Waals surface area contributed by atoms with E-state index in [2.05, 4.69) is 9.68 Å². The van der Waals surface area contributed by atoms with Crippen molar-refractivity contribution >= 4 is 33.0 Å². The number of urea groups is 1. The Morgan fingerprint density at radius 1 is 1.32 bits per heavy atom. The molecule has 1 atom stereocenters. The van der Waals surface area contributed by atoms with Crippen LogP contribution in [0.25, 0.3) is 0 Å². The van der Waals surface area contributed by atoms with E-state index in [0.717, 1.165) is 90.6 Å². The van der Waals surface area contributed by atoms with Crippen molar-refractivity contribution in [3.05, 3.63) is 39.3 Å². The van der Waals surface area contributed by atoms with Gasteiger partial charge in [-0.05, 0) is 76.0 Å². The molecule has 3 aliphatic rings. The Balaban J connectivity index is 1.50. The van der Waals surface area contributed by atoms with Crippen LogP contribution in [-0.4, -0.2) is 20.3 Å². The lowest BCUT2D eigenvalue weighted by Crippen LogP contribution is -2.19. The molecule has 0 aliphatic heterocycles. The molecular formula is C21H25FN4O3S2. The maximum atomic E-state index is 14.4. The van der Waals surface area contributed by atoms with Crippen LogP contribution in [0.5, 0.6) is 0 Å². The second-order valence-electron chi connectivity index (χ2n) is 9.27. The van der Waals surface area contributed by atoms with Crippen molar-refractivity contribution in [1.82, 2.24) is 4.98 Å². The molecule has 0 unspecified atom stereocenters. The smallest absolute Gasteiger partial charge is 0.354 e. The van der Waals surface area contributed by atoms with Crippen LogP contribution in [0.2, 0.25) is 0 Å². The summed E-state index contributed by atoms with van der Waals surface area (Å²) in [4.78, 5) is 18.0. The SMILES string of the molecule is CC(C)(O)c1cc(F)c([S@](N)(=O)=NC(=O)Nc2c3c(nc4c2CCC42CC2)CCC3)s1. The van der Waals surface area contributed by atoms with Crippen molar-refractivity contribution in [2.75, 3.05) is 5.32 Å². The number of rotatable bonds is 3. The number of carbonyl (C=O) groups is 1. The zero-order valence-electron chi connectivity index (χ0n) is 17.5. The number of fused-ring (bicyclic) bond motifs is 3. The van der Waals surface area contributed by atoms with Gasteiger partial charge in [-0.15, -0.1) is 15.7 Å². The number of carbonyl (C=O) groups excluding carboxylic acids is 1. The second-order valence-corrected chi connectivity index (χ2v) is 12.3. The molecule has 2 aromatic heterocycles. The number of pyridine rings is 1. The monoisotopic (exact) mass is 464 g/mol. The average Bonchev–Trinajstić information content (AvgIpc) is 3.00. The van der Waals surface area contributed by atoms with Crippen molar-refractivity contribution in [3.63, 3.8) is 0 Å². The highest BCUT2D eigenvalue weighted by molar-refractivity contribution is 7.93. The van der Waals surface area contributed by atoms with E-state index >= 15 is 0 Å². The first-order valence-electron chi connectivity index (χ1n) is 10.4. The van der Waals surface area contributed by atoms with Crippen LogP contribution < -0.4 is 10.5 Å². The summed E-state index contributed by atoms with van der Waals surface area (Å²) in [7, 11) is -3.81. The number of nitrogens with two attached hydrogens (primary N) is 1. The fraction of sp³-hybridized carbons (Fsp3) is 0.524. The molecule has 0 radical (unpaired) electrons. The van der Waals surface area contributed by atoms with Gasteiger partial charge in [0.25, 0.3) is 0 Å². The fourth-order valence-electron chi connectivity index (χ4n) is 4.72. The Morgan fingerprint density at radius 3 is 2.71 bits per heavy atom. The van der Waals surface area contributed by atoms with Crippen LogP contribution in [0, 0.1) is 5.82 Å². The van der Waals surface area contributed by atoms with Crippen molar-refractivity contribution in [1.29, 1.82) is 0 Å². The molecule has 166 valence electrons. The molecule has 0 bridgehead atoms. The first-order chi connectivity index (χ1) is 14.5. The Kier molecular flexibility index (Phi) is 4.61. The first-order valence-corrected chi connectivity index (χ1v) is 12.8. The highest BCUT2D eigenvalue weighted by atomic mass is 32.2. The molecule has 0 aromatic carbocycles. The number of aliphatic hydroxyl groups is 1. The summed E-state index contributed by atoms with van der Waals surface area (Å²) in [5.74, 6) is -0.840. The Morgan fingerprint density at radius 2 is 2.06 bits per heavy atom. The summed E-state index contributed by atoms with van der Waals surface area (Å²) in [6.07, 6.45) is 6.82. The molecule has 5 rings (SSSR count). The maximum absolute atomic E-state index is 14.4. The van der Waals surface area contributed by atoms with Crippen molar-refractivity contribution < 1.29 is 18.5 Å². The average molecular weight is 465 g/mol. The Labute approximate surface area is 184 Å². The number of anilines is 1. The van der Waals surface area contributed by atoms with Gasteiger partial charge < -0.3 is 10.4 Å². The molecule has 2 aromatic rings. The lowest BCUT2D eigenvalue weighted by atomic mass is 10.0. The van der Waals surface area contributed by atoms with Crippen molar-refractivity contribution in [3.8, 4) is 0 Å². The molecule has 1 saturated carbocycles. The van der Waals surface area contributed by atoms with Crippen molar-refractivity contribution in [2.45, 2.75) is 74.0 Å². The summed E-state index contributed by atoms with van der Waals surface area (Å²) in [5.41, 5.74) is 3.77. The number of aryl methyl sites for hydroxylation is 1. The van der Waals surface area contributed by atoms with Crippen LogP contribution in [0.15, 0.2) is 14.6 Å². The fourth-order valence-corrected chi connectivity index (χ4v) is 7.06. The van der Waals surface area contributed by atoms with Gasteiger partial charge >= 0.3 is 6.03 Å². The summed E-state index contributed by atoms with van der Waals surface area (Å²) < 4.78 is 30.7. The van der Waals surface area contributed by atoms with E-state index in [1.54, 1.807) is 0 Å². The molecule has 0 saturated heterocycles. The zero-order chi connectivity index (χ0) is 22.2. The van der Waals surface area contributed by atoms with Gasteiger partial charge in [0.1, 0.15) is 0 Å². The molecule has 2 amide bonds. The number of nitrogens with one attached hydrogen (secondary N) is 1. The number of hydrogen-bond donors (Lipinski definition) is 3. The van der Waals surface area contributed by atoms with E-state index in [1.165, 1.54) is 13.8 Å². The van der Waals surface area contributed by atoms with Gasteiger partial charge in [-0.2, -0.15) is 0 Å². The van der Waals surface area contributed by atoms with Gasteiger partial charge in [0.2, 0.25) is 0 Å². The summed E-state index contributed by atoms with van der Waals surface area (Å²) in [6.45, 7) is 2.98. The lowest BCUT2D eigenvalue weighted by Gasteiger charge is -2.16. The molecule has 10 heteroatoms. The predicted octanol–water partition coefficient (Wildman–Crippen LogP) is 3.91. The molecule has 1 fully saturated rings. The second kappa shape index (κ2) is 6.81. The predicted molar refractivity (Wildman–Crippen MR) is 117 cm³/mol. The minimum atomic E-state index is -3.81. The quantitative estimate of drug-likeness (QED) is 0.638. The highest BCUT2D eigenvalue weighted by Gasteiger charge is 2.51. The third kappa shape index (κ3) is 3.49. The van der Waals surface area contributed by atoms with E-state index < -0.39 is 27.4 Å². The third-order valence-electron chi connectivity index (χ3n) is 6.51. The summed E-state index contributed by atoms with van der Waals surface area (Å²) >= 11 is 0.761. The molecule has 2 heterocycles. The van der Waals surface area contributed by atoms with Crippen LogP contribution in [0.3, 0.4) is 0 Å². The Hall–Kier alpha value is -1.88. The molecule has 3 aliphatic carbocycles. The third-order valence-corrected chi connectivity index (χ3v) is 9.86. The maximum Gasteiger partial charge on any atom is 0.354 e. The standard InChI is InChI=1S/C21H25FN4O3S2/c1-20(2,28)15-10-13(22)18(30-15)31(23,29)26-19(27)25-16-11-4-3-5-14(11)24-17-12(16)6-7-21(17)8-9-21/h10,28H,3-9H2,1-2H3,(H3,23,24,25,26,27,29)/t31-/m1/s1. The number of aromatic nitrogens is 1. The number of nitrogens with zero attached hydrogens (tertiary/aromatic N) is 2. The Bertz CT molecular complexity index is 1230. The number of amides is 2. The van der Waals surface area contributed by atoms with E-state index in [0.29, 0.717) is 0 Å². The largest absolute Gasteiger partial charge is 0.385 e. The van der Waals surface area contributed by atoms with Gasteiger partial charge in [0.05, 0.1) is 17.0 Å². The minimum absolute atomic E-state index is 0.165. The van der Waals surface area contributed by atoms with Gasteiger partial charge in [0, 0.05) is 16.0 Å². The zero-order valence-corrected chi connectivity index (χ0v) is 19.1. The molecule has 4 N–H and O–H groups in total. The van der Waals surface area contributed by atoms with E-state index in [9.17, 15) is 18.5 Å². The summed E-state index contributed by atoms with van der Waals surface area (Å²) in [6, 6.07) is 0.224. The van der Waals surface area contributed by atoms with E-state index in [1.807, 2.05) is 0 Å². The number of thiophene rings is 1. The van der Waals surface area contributed by atoms with Gasteiger partial charge in [-0.1, -0.05) is 0 Å². The topological polar surface area (TPSA) is 118 Å². The van der Waals surface area contributed by atoms with Crippen LogP contribution in [-0.2, 0) is 40.2 Å².